The monoisotopic (exact) mass is 401 g/mol. The third-order valence-electron chi connectivity index (χ3n) is 3.66. The van der Waals surface area contributed by atoms with E-state index in [-0.39, 0.29) is 29.5 Å². The highest BCUT2D eigenvalue weighted by atomic mass is 16.6. The molecule has 0 saturated heterocycles. The van der Waals surface area contributed by atoms with Gasteiger partial charge in [-0.25, -0.2) is 0 Å². The van der Waals surface area contributed by atoms with E-state index in [0.717, 1.165) is 0 Å². The lowest BCUT2D eigenvalue weighted by atomic mass is 10.1. The third-order valence-corrected chi connectivity index (χ3v) is 3.66. The first-order valence-corrected chi connectivity index (χ1v) is 8.43. The van der Waals surface area contributed by atoms with E-state index in [0.29, 0.717) is 11.3 Å². The predicted molar refractivity (Wildman–Crippen MR) is 104 cm³/mol. The van der Waals surface area contributed by atoms with Crippen LogP contribution in [0.2, 0.25) is 0 Å². The number of benzene rings is 2. The van der Waals surface area contributed by atoms with Crippen molar-refractivity contribution in [3.05, 3.63) is 58.1 Å². The number of nitrogens with one attached hydrogen (secondary N) is 2. The minimum Gasteiger partial charge on any atom is -0.496 e. The van der Waals surface area contributed by atoms with Crippen molar-refractivity contribution in [3.8, 4) is 5.75 Å². The Morgan fingerprint density at radius 2 is 1.76 bits per heavy atom. The lowest BCUT2D eigenvalue weighted by molar-refractivity contribution is -0.384. The molecule has 0 aromatic heterocycles. The fraction of sp³-hybridized carbons (Fsp3) is 0.211. The summed E-state index contributed by atoms with van der Waals surface area (Å²) in [6, 6.07) is 10.5. The van der Waals surface area contributed by atoms with E-state index in [4.69, 9.17) is 9.47 Å². The van der Waals surface area contributed by atoms with Crippen molar-refractivity contribution >= 4 is 34.8 Å². The molecule has 2 aromatic carbocycles. The van der Waals surface area contributed by atoms with Gasteiger partial charge in [0.05, 0.1) is 24.5 Å². The highest BCUT2D eigenvalue weighted by molar-refractivity contribution is 5.95. The molecule has 2 N–H and O–H groups in total. The zero-order valence-corrected chi connectivity index (χ0v) is 15.8. The Labute approximate surface area is 166 Å². The molecule has 0 atom stereocenters. The number of nitro benzene ring substituents is 1. The lowest BCUT2D eigenvalue weighted by Gasteiger charge is -2.08. The summed E-state index contributed by atoms with van der Waals surface area (Å²) >= 11 is 0. The molecule has 2 aromatic rings. The molecule has 0 aliphatic carbocycles. The number of hydrogen-bond donors (Lipinski definition) is 2. The number of esters is 1. The first-order valence-electron chi connectivity index (χ1n) is 8.43. The summed E-state index contributed by atoms with van der Waals surface area (Å²) in [5, 5.41) is 16.1. The van der Waals surface area contributed by atoms with Gasteiger partial charge in [0.25, 0.3) is 11.6 Å². The van der Waals surface area contributed by atoms with Gasteiger partial charge < -0.3 is 20.1 Å². The molecule has 0 saturated carbocycles. The maximum atomic E-state index is 12.0. The van der Waals surface area contributed by atoms with Crippen LogP contribution >= 0.6 is 0 Å². The molecule has 2 rings (SSSR count). The van der Waals surface area contributed by atoms with Crippen molar-refractivity contribution < 1.29 is 28.8 Å². The van der Waals surface area contributed by atoms with Gasteiger partial charge >= 0.3 is 5.97 Å². The number of anilines is 2. The van der Waals surface area contributed by atoms with Crippen LogP contribution in [-0.2, 0) is 25.5 Å². The average molecular weight is 401 g/mol. The van der Waals surface area contributed by atoms with Crippen molar-refractivity contribution in [1.29, 1.82) is 0 Å². The van der Waals surface area contributed by atoms with Gasteiger partial charge in [-0.2, -0.15) is 0 Å². The molecule has 0 spiro atoms. The molecule has 0 bridgehead atoms. The van der Waals surface area contributed by atoms with Crippen molar-refractivity contribution in [2.45, 2.75) is 13.3 Å². The van der Waals surface area contributed by atoms with Gasteiger partial charge in [0, 0.05) is 12.6 Å². The molecule has 0 unspecified atom stereocenters. The summed E-state index contributed by atoms with van der Waals surface area (Å²) in [7, 11) is 1.37. The van der Waals surface area contributed by atoms with E-state index in [2.05, 4.69) is 10.6 Å². The number of nitro groups is 1. The van der Waals surface area contributed by atoms with Gasteiger partial charge in [0.15, 0.2) is 6.61 Å². The summed E-state index contributed by atoms with van der Waals surface area (Å²) in [6.07, 6.45) is -0.0731. The summed E-state index contributed by atoms with van der Waals surface area (Å²) in [5.41, 5.74) is 0.846. The first-order chi connectivity index (χ1) is 13.8. The van der Waals surface area contributed by atoms with Crippen LogP contribution in [0.25, 0.3) is 0 Å². The van der Waals surface area contributed by atoms with E-state index in [1.165, 1.54) is 32.2 Å². The van der Waals surface area contributed by atoms with E-state index in [1.54, 1.807) is 24.3 Å². The maximum absolute atomic E-state index is 12.0. The SMILES string of the molecule is COc1ccc(NC(=O)COC(=O)Cc2ccc(NC(C)=O)cc2)c([N+](=O)[O-])c1. The molecule has 0 heterocycles. The van der Waals surface area contributed by atoms with E-state index < -0.39 is 23.4 Å². The molecular formula is C19H19N3O7. The Kier molecular flexibility index (Phi) is 7.24. The maximum Gasteiger partial charge on any atom is 0.310 e. The summed E-state index contributed by atoms with van der Waals surface area (Å²) < 4.78 is 9.82. The summed E-state index contributed by atoms with van der Waals surface area (Å²) in [4.78, 5) is 45.3. The van der Waals surface area contributed by atoms with E-state index >= 15 is 0 Å². The van der Waals surface area contributed by atoms with Gasteiger partial charge in [0.1, 0.15) is 11.4 Å². The fourth-order valence-corrected chi connectivity index (χ4v) is 2.35. The molecule has 0 fully saturated rings. The number of carbonyl (C=O) groups excluding carboxylic acids is 3. The molecular weight excluding hydrogens is 382 g/mol. The van der Waals surface area contributed by atoms with Gasteiger partial charge in [0.2, 0.25) is 5.91 Å². The van der Waals surface area contributed by atoms with Crippen molar-refractivity contribution in [2.24, 2.45) is 0 Å². The van der Waals surface area contributed by atoms with Crippen molar-refractivity contribution in [2.75, 3.05) is 24.4 Å². The second kappa shape index (κ2) is 9.83. The average Bonchev–Trinajstić information content (AvgIpc) is 2.67. The van der Waals surface area contributed by atoms with Crippen LogP contribution in [0.15, 0.2) is 42.5 Å². The van der Waals surface area contributed by atoms with Gasteiger partial charge in [-0.15, -0.1) is 0 Å². The molecule has 2 amide bonds. The molecule has 29 heavy (non-hydrogen) atoms. The quantitative estimate of drug-likeness (QED) is 0.393. The number of ether oxygens (including phenoxy) is 2. The topological polar surface area (TPSA) is 137 Å². The van der Waals surface area contributed by atoms with Gasteiger partial charge in [-0.1, -0.05) is 12.1 Å². The van der Waals surface area contributed by atoms with Gasteiger partial charge in [-0.3, -0.25) is 24.5 Å². The van der Waals surface area contributed by atoms with Crippen LogP contribution in [0, 0.1) is 10.1 Å². The minimum absolute atomic E-state index is 0.0367. The van der Waals surface area contributed by atoms with Crippen LogP contribution in [-0.4, -0.2) is 36.4 Å². The highest BCUT2D eigenvalue weighted by Gasteiger charge is 2.18. The number of hydrogen-bond acceptors (Lipinski definition) is 7. The first kappa shape index (κ1) is 21.4. The highest BCUT2D eigenvalue weighted by Crippen LogP contribution is 2.28. The molecule has 10 nitrogen and oxygen atoms in total. The fourth-order valence-electron chi connectivity index (χ4n) is 2.35. The Morgan fingerprint density at radius 3 is 2.34 bits per heavy atom. The number of carbonyl (C=O) groups is 3. The molecule has 0 radical (unpaired) electrons. The second-order valence-electron chi connectivity index (χ2n) is 5.90. The standard InChI is InChI=1S/C19H19N3O7/c1-12(23)20-14-5-3-13(4-6-14)9-19(25)29-11-18(24)21-16-8-7-15(28-2)10-17(16)22(26)27/h3-8,10H,9,11H2,1-2H3,(H,20,23)(H,21,24). The second-order valence-corrected chi connectivity index (χ2v) is 5.90. The van der Waals surface area contributed by atoms with Crippen LogP contribution in [0.3, 0.4) is 0 Å². The van der Waals surface area contributed by atoms with E-state index in [9.17, 15) is 24.5 Å². The van der Waals surface area contributed by atoms with Crippen molar-refractivity contribution in [1.82, 2.24) is 0 Å². The Morgan fingerprint density at radius 1 is 1.07 bits per heavy atom. The number of amides is 2. The lowest BCUT2D eigenvalue weighted by Crippen LogP contribution is -2.22. The van der Waals surface area contributed by atoms with E-state index in [1.807, 2.05) is 0 Å². The minimum atomic E-state index is -0.715. The Hall–Kier alpha value is -3.95. The largest absolute Gasteiger partial charge is 0.496 e. The normalized spacial score (nSPS) is 10.0. The van der Waals surface area contributed by atoms with Crippen LogP contribution < -0.4 is 15.4 Å². The van der Waals surface area contributed by atoms with Crippen LogP contribution in [0.5, 0.6) is 5.75 Å². The third kappa shape index (κ3) is 6.61. The summed E-state index contributed by atoms with van der Waals surface area (Å²) in [5.74, 6) is -1.30. The predicted octanol–water partition coefficient (Wildman–Crippen LogP) is 2.29. The zero-order valence-electron chi connectivity index (χ0n) is 15.8. The number of nitrogens with zero attached hydrogens (tertiary/aromatic N) is 1. The molecule has 0 aliphatic rings. The zero-order chi connectivity index (χ0) is 21.4. The van der Waals surface area contributed by atoms with Crippen LogP contribution in [0.4, 0.5) is 17.1 Å². The number of methoxy groups -OCH3 is 1. The smallest absolute Gasteiger partial charge is 0.310 e. The van der Waals surface area contributed by atoms with Crippen LogP contribution in [0.1, 0.15) is 12.5 Å². The molecule has 0 aliphatic heterocycles. The summed E-state index contributed by atoms with van der Waals surface area (Å²) in [6.45, 7) is 0.795. The number of rotatable bonds is 8. The molecule has 152 valence electrons. The van der Waals surface area contributed by atoms with Crippen molar-refractivity contribution in [3.63, 3.8) is 0 Å². The Bertz CT molecular complexity index is 926. The van der Waals surface area contributed by atoms with Gasteiger partial charge in [-0.05, 0) is 29.8 Å². The Balaban J connectivity index is 1.88. The molecule has 10 heteroatoms.